The molecule has 4 rings (SSSR count). The van der Waals surface area contributed by atoms with Crippen LogP contribution in [-0.4, -0.2) is 56.9 Å². The lowest BCUT2D eigenvalue weighted by Gasteiger charge is -2.39. The van der Waals surface area contributed by atoms with Gasteiger partial charge in [0.05, 0.1) is 36.9 Å². The minimum atomic E-state index is -0.195. The molecule has 1 saturated carbocycles. The number of para-hydroxylation sites is 1. The summed E-state index contributed by atoms with van der Waals surface area (Å²) in [6, 6.07) is 10.2. The van der Waals surface area contributed by atoms with E-state index < -0.39 is 0 Å². The van der Waals surface area contributed by atoms with Crippen molar-refractivity contribution in [2.75, 3.05) is 19.8 Å². The van der Waals surface area contributed by atoms with E-state index in [2.05, 4.69) is 15.1 Å². The average Bonchev–Trinajstić information content (AvgIpc) is 3.25. The van der Waals surface area contributed by atoms with Crippen molar-refractivity contribution >= 4 is 0 Å². The normalized spacial score (nSPS) is 28.3. The first kappa shape index (κ1) is 15.7. The molecule has 1 saturated heterocycles. The van der Waals surface area contributed by atoms with Gasteiger partial charge in [-0.15, -0.1) is 0 Å². The van der Waals surface area contributed by atoms with Crippen molar-refractivity contribution in [3.8, 4) is 5.69 Å². The Morgan fingerprint density at radius 2 is 2.08 bits per heavy atom. The van der Waals surface area contributed by atoms with Crippen LogP contribution in [0.25, 0.3) is 5.69 Å². The Labute approximate surface area is 142 Å². The number of aliphatic hydroxyl groups is 1. The number of ether oxygens (including phenoxy) is 1. The smallest absolute Gasteiger partial charge is 0.0971 e. The zero-order valence-corrected chi connectivity index (χ0v) is 13.8. The number of aliphatic hydroxyl groups excluding tert-OH is 1. The van der Waals surface area contributed by atoms with Gasteiger partial charge in [-0.1, -0.05) is 24.6 Å². The highest BCUT2D eigenvalue weighted by molar-refractivity contribution is 5.28. The number of benzene rings is 1. The number of hydrogen-bond acceptors (Lipinski definition) is 5. The van der Waals surface area contributed by atoms with E-state index in [0.717, 1.165) is 50.3 Å². The van der Waals surface area contributed by atoms with Gasteiger partial charge in [-0.2, -0.15) is 15.0 Å². The second-order valence-corrected chi connectivity index (χ2v) is 6.74. The van der Waals surface area contributed by atoms with E-state index in [1.807, 2.05) is 36.5 Å². The quantitative estimate of drug-likeness (QED) is 0.924. The third-order valence-electron chi connectivity index (χ3n) is 5.20. The van der Waals surface area contributed by atoms with E-state index in [0.29, 0.717) is 12.5 Å². The largest absolute Gasteiger partial charge is 0.393 e. The molecular formula is C18H24N4O2. The molecule has 0 unspecified atom stereocenters. The summed E-state index contributed by atoms with van der Waals surface area (Å²) in [5.41, 5.74) is 1.92. The molecule has 24 heavy (non-hydrogen) atoms. The molecule has 1 N–H and O–H groups in total. The van der Waals surface area contributed by atoms with Crippen LogP contribution in [0.3, 0.4) is 0 Å². The molecule has 1 aromatic heterocycles. The predicted molar refractivity (Wildman–Crippen MR) is 89.7 cm³/mol. The number of hydrogen-bond donors (Lipinski definition) is 1. The topological polar surface area (TPSA) is 63.4 Å². The van der Waals surface area contributed by atoms with Gasteiger partial charge >= 0.3 is 0 Å². The van der Waals surface area contributed by atoms with Crippen molar-refractivity contribution in [3.05, 3.63) is 42.2 Å². The van der Waals surface area contributed by atoms with E-state index in [-0.39, 0.29) is 12.1 Å². The van der Waals surface area contributed by atoms with Crippen LogP contribution in [0.15, 0.2) is 36.5 Å². The fourth-order valence-electron chi connectivity index (χ4n) is 3.93. The SMILES string of the molecule is O[C@@H]1CCC[C@H]1[C@H]1COCCN1Cc1cnn(-c2ccccc2)n1. The lowest BCUT2D eigenvalue weighted by Crippen LogP contribution is -2.50. The summed E-state index contributed by atoms with van der Waals surface area (Å²) in [7, 11) is 0. The first-order valence-corrected chi connectivity index (χ1v) is 8.78. The zero-order chi connectivity index (χ0) is 16.4. The van der Waals surface area contributed by atoms with Gasteiger partial charge in [-0.3, -0.25) is 4.90 Å². The third kappa shape index (κ3) is 3.22. The third-order valence-corrected chi connectivity index (χ3v) is 5.20. The van der Waals surface area contributed by atoms with Crippen molar-refractivity contribution in [2.24, 2.45) is 5.92 Å². The molecule has 0 bridgehead atoms. The molecule has 0 radical (unpaired) electrons. The van der Waals surface area contributed by atoms with Gasteiger partial charge in [0.1, 0.15) is 0 Å². The van der Waals surface area contributed by atoms with E-state index in [9.17, 15) is 5.11 Å². The van der Waals surface area contributed by atoms with Crippen molar-refractivity contribution in [1.29, 1.82) is 0 Å². The Hall–Kier alpha value is -1.76. The summed E-state index contributed by atoms with van der Waals surface area (Å²) >= 11 is 0. The predicted octanol–water partition coefficient (Wildman–Crippen LogP) is 1.63. The molecule has 0 spiro atoms. The Bertz CT molecular complexity index is 660. The monoisotopic (exact) mass is 328 g/mol. The number of aromatic nitrogens is 3. The van der Waals surface area contributed by atoms with Crippen LogP contribution < -0.4 is 0 Å². The van der Waals surface area contributed by atoms with Crippen LogP contribution in [0, 0.1) is 5.92 Å². The molecule has 1 aromatic carbocycles. The van der Waals surface area contributed by atoms with Gasteiger partial charge in [-0.05, 0) is 25.0 Å². The van der Waals surface area contributed by atoms with E-state index in [4.69, 9.17) is 4.74 Å². The molecule has 3 atom stereocenters. The summed E-state index contributed by atoms with van der Waals surface area (Å²) in [6.45, 7) is 3.08. The fraction of sp³-hybridized carbons (Fsp3) is 0.556. The lowest BCUT2D eigenvalue weighted by atomic mass is 9.94. The van der Waals surface area contributed by atoms with Crippen LogP contribution in [0.2, 0.25) is 0 Å². The maximum absolute atomic E-state index is 10.3. The van der Waals surface area contributed by atoms with Crippen LogP contribution in [0.1, 0.15) is 25.0 Å². The first-order valence-electron chi connectivity index (χ1n) is 8.78. The van der Waals surface area contributed by atoms with E-state index >= 15 is 0 Å². The Balaban J connectivity index is 1.48. The van der Waals surface area contributed by atoms with Gasteiger partial charge in [0.25, 0.3) is 0 Å². The molecule has 2 heterocycles. The van der Waals surface area contributed by atoms with Crippen LogP contribution >= 0.6 is 0 Å². The number of nitrogens with zero attached hydrogens (tertiary/aromatic N) is 4. The Morgan fingerprint density at radius 1 is 1.21 bits per heavy atom. The Kier molecular flexibility index (Phi) is 4.60. The van der Waals surface area contributed by atoms with Gasteiger partial charge in [0, 0.05) is 25.0 Å². The van der Waals surface area contributed by atoms with Crippen molar-refractivity contribution in [1.82, 2.24) is 19.9 Å². The van der Waals surface area contributed by atoms with Gasteiger partial charge in [0.2, 0.25) is 0 Å². The number of morpholine rings is 1. The number of rotatable bonds is 4. The van der Waals surface area contributed by atoms with Crippen LogP contribution in [0.4, 0.5) is 0 Å². The van der Waals surface area contributed by atoms with Crippen LogP contribution in [0.5, 0.6) is 0 Å². The van der Waals surface area contributed by atoms with Gasteiger partial charge in [-0.25, -0.2) is 0 Å². The second kappa shape index (κ2) is 7.01. The molecule has 1 aliphatic heterocycles. The molecule has 2 aliphatic rings. The molecular weight excluding hydrogens is 304 g/mol. The van der Waals surface area contributed by atoms with E-state index in [1.54, 1.807) is 4.80 Å². The summed E-state index contributed by atoms with van der Waals surface area (Å²) in [5.74, 6) is 0.314. The molecule has 1 aliphatic carbocycles. The van der Waals surface area contributed by atoms with Gasteiger partial charge < -0.3 is 9.84 Å². The highest BCUT2D eigenvalue weighted by Crippen LogP contribution is 2.32. The van der Waals surface area contributed by atoms with Crippen molar-refractivity contribution in [2.45, 2.75) is 38.0 Å². The molecule has 2 fully saturated rings. The zero-order valence-electron chi connectivity index (χ0n) is 13.8. The molecule has 2 aromatic rings. The standard InChI is InChI=1S/C18H24N4O2/c23-18-8-4-7-16(18)17-13-24-10-9-21(17)12-14-11-19-22(20-14)15-5-2-1-3-6-15/h1-3,5-6,11,16-18,23H,4,7-10,12-13H2/t16-,17+,18+/m0/s1. The van der Waals surface area contributed by atoms with Gasteiger partial charge in [0.15, 0.2) is 0 Å². The van der Waals surface area contributed by atoms with Crippen LogP contribution in [-0.2, 0) is 11.3 Å². The average molecular weight is 328 g/mol. The molecule has 6 nitrogen and oxygen atoms in total. The molecule has 128 valence electrons. The summed E-state index contributed by atoms with van der Waals surface area (Å²) < 4.78 is 5.69. The Morgan fingerprint density at radius 3 is 2.88 bits per heavy atom. The first-order chi connectivity index (χ1) is 11.8. The fourth-order valence-corrected chi connectivity index (χ4v) is 3.93. The van der Waals surface area contributed by atoms with Crippen molar-refractivity contribution < 1.29 is 9.84 Å². The summed E-state index contributed by atoms with van der Waals surface area (Å²) in [5, 5.41) is 19.3. The lowest BCUT2D eigenvalue weighted by molar-refractivity contribution is -0.0541. The van der Waals surface area contributed by atoms with E-state index in [1.165, 1.54) is 0 Å². The maximum Gasteiger partial charge on any atom is 0.0971 e. The maximum atomic E-state index is 10.3. The summed E-state index contributed by atoms with van der Waals surface area (Å²) in [4.78, 5) is 4.08. The summed E-state index contributed by atoms with van der Waals surface area (Å²) in [6.07, 6.45) is 4.76. The molecule has 0 amide bonds. The minimum Gasteiger partial charge on any atom is -0.393 e. The molecule has 6 heteroatoms. The minimum absolute atomic E-state index is 0.195. The highest BCUT2D eigenvalue weighted by atomic mass is 16.5. The van der Waals surface area contributed by atoms with Crippen molar-refractivity contribution in [3.63, 3.8) is 0 Å². The second-order valence-electron chi connectivity index (χ2n) is 6.74. The highest BCUT2D eigenvalue weighted by Gasteiger charge is 2.37.